The molecule has 2 heterocycles. The van der Waals surface area contributed by atoms with Crippen molar-refractivity contribution in [2.24, 2.45) is 4.99 Å². The zero-order valence-electron chi connectivity index (χ0n) is 13.6. The standard InChI is InChI=1S/C19H13ClN2O3S/c1-2-7-22-14-10-15-16(25-9-8-24-15)11-17(14)26-19(22)21-18(23)12-5-3-4-6-13(12)20/h1,3-6,10-11H,7-9H2. The van der Waals surface area contributed by atoms with Crippen molar-refractivity contribution in [3.63, 3.8) is 0 Å². The van der Waals surface area contributed by atoms with Crippen molar-refractivity contribution < 1.29 is 14.3 Å². The van der Waals surface area contributed by atoms with Crippen molar-refractivity contribution in [2.45, 2.75) is 6.54 Å². The molecule has 0 saturated heterocycles. The fourth-order valence-electron chi connectivity index (χ4n) is 2.72. The number of aromatic nitrogens is 1. The van der Waals surface area contributed by atoms with Gasteiger partial charge in [0.15, 0.2) is 16.3 Å². The summed E-state index contributed by atoms with van der Waals surface area (Å²) < 4.78 is 14.0. The summed E-state index contributed by atoms with van der Waals surface area (Å²) in [4.78, 5) is 17.3. The van der Waals surface area contributed by atoms with Crippen molar-refractivity contribution >= 4 is 39.1 Å². The Labute approximate surface area is 158 Å². The third kappa shape index (κ3) is 2.96. The van der Waals surface area contributed by atoms with Gasteiger partial charge in [-0.2, -0.15) is 4.99 Å². The van der Waals surface area contributed by atoms with Gasteiger partial charge >= 0.3 is 0 Å². The summed E-state index contributed by atoms with van der Waals surface area (Å²) in [5, 5.41) is 0.364. The highest BCUT2D eigenvalue weighted by Crippen LogP contribution is 2.35. The SMILES string of the molecule is C#CCn1c(=NC(=O)c2ccccc2Cl)sc2cc3c(cc21)OCCO3. The van der Waals surface area contributed by atoms with Crippen molar-refractivity contribution in [3.05, 3.63) is 51.8 Å². The summed E-state index contributed by atoms with van der Waals surface area (Å²) >= 11 is 7.47. The van der Waals surface area contributed by atoms with E-state index >= 15 is 0 Å². The largest absolute Gasteiger partial charge is 0.486 e. The summed E-state index contributed by atoms with van der Waals surface area (Å²) in [7, 11) is 0. The van der Waals surface area contributed by atoms with Gasteiger partial charge < -0.3 is 14.0 Å². The minimum Gasteiger partial charge on any atom is -0.486 e. The number of terminal acetylenes is 1. The van der Waals surface area contributed by atoms with Crippen molar-refractivity contribution in [2.75, 3.05) is 13.2 Å². The first-order valence-electron chi connectivity index (χ1n) is 7.87. The molecule has 3 aromatic rings. The number of fused-ring (bicyclic) bond motifs is 2. The smallest absolute Gasteiger partial charge is 0.281 e. The normalized spacial score (nSPS) is 13.6. The molecule has 0 atom stereocenters. The van der Waals surface area contributed by atoms with Crippen LogP contribution in [0.2, 0.25) is 5.02 Å². The lowest BCUT2D eigenvalue weighted by atomic mass is 10.2. The van der Waals surface area contributed by atoms with Gasteiger partial charge in [0.25, 0.3) is 5.91 Å². The number of carbonyl (C=O) groups excluding carboxylic acids is 1. The molecule has 1 aliphatic heterocycles. The van der Waals surface area contributed by atoms with Gasteiger partial charge in [0.2, 0.25) is 0 Å². The molecule has 0 bridgehead atoms. The lowest BCUT2D eigenvalue weighted by Gasteiger charge is -2.18. The molecular formula is C19H13ClN2O3S. The molecule has 0 radical (unpaired) electrons. The highest BCUT2D eigenvalue weighted by Gasteiger charge is 2.17. The van der Waals surface area contributed by atoms with Crippen LogP contribution in [-0.4, -0.2) is 23.7 Å². The van der Waals surface area contributed by atoms with E-state index in [2.05, 4.69) is 10.9 Å². The molecule has 4 rings (SSSR count). The molecule has 5 nitrogen and oxygen atoms in total. The first-order valence-corrected chi connectivity index (χ1v) is 9.07. The van der Waals surface area contributed by atoms with E-state index in [9.17, 15) is 4.79 Å². The van der Waals surface area contributed by atoms with Crippen LogP contribution in [0.5, 0.6) is 11.5 Å². The summed E-state index contributed by atoms with van der Waals surface area (Å²) in [6.07, 6.45) is 5.51. The molecule has 0 aliphatic carbocycles. The third-order valence-corrected chi connectivity index (χ3v) is 5.27. The van der Waals surface area contributed by atoms with Crippen LogP contribution >= 0.6 is 22.9 Å². The number of hydrogen-bond donors (Lipinski definition) is 0. The number of rotatable bonds is 2. The molecule has 0 spiro atoms. The molecule has 1 aliphatic rings. The molecule has 0 saturated carbocycles. The van der Waals surface area contributed by atoms with Gasteiger partial charge in [-0.25, -0.2) is 0 Å². The molecule has 130 valence electrons. The highest BCUT2D eigenvalue weighted by atomic mass is 35.5. The summed E-state index contributed by atoms with van der Waals surface area (Å²) in [6.45, 7) is 1.30. The number of ether oxygens (including phenoxy) is 2. The Morgan fingerprint density at radius 2 is 2.00 bits per heavy atom. The average molecular weight is 385 g/mol. The number of nitrogens with zero attached hydrogens (tertiary/aromatic N) is 2. The van der Waals surface area contributed by atoms with Gasteiger partial charge in [0.1, 0.15) is 13.2 Å². The summed E-state index contributed by atoms with van der Waals surface area (Å²) in [5.74, 6) is 3.54. The minimum absolute atomic E-state index is 0.286. The topological polar surface area (TPSA) is 52.8 Å². The highest BCUT2D eigenvalue weighted by molar-refractivity contribution is 7.16. The van der Waals surface area contributed by atoms with E-state index in [1.807, 2.05) is 16.7 Å². The number of hydrogen-bond acceptors (Lipinski definition) is 4. The molecule has 7 heteroatoms. The lowest BCUT2D eigenvalue weighted by Crippen LogP contribution is -2.17. The van der Waals surface area contributed by atoms with Crippen LogP contribution in [0, 0.1) is 12.3 Å². The van der Waals surface area contributed by atoms with Crippen molar-refractivity contribution in [1.82, 2.24) is 4.57 Å². The second-order valence-electron chi connectivity index (χ2n) is 5.54. The Kier molecular flexibility index (Phi) is 4.41. The number of benzene rings is 2. The maximum absolute atomic E-state index is 12.6. The minimum atomic E-state index is -0.412. The fourth-order valence-corrected chi connectivity index (χ4v) is 3.97. The van der Waals surface area contributed by atoms with E-state index in [1.165, 1.54) is 11.3 Å². The van der Waals surface area contributed by atoms with Crippen LogP contribution in [0.3, 0.4) is 0 Å². The first kappa shape index (κ1) is 16.7. The summed E-state index contributed by atoms with van der Waals surface area (Å²) in [5.41, 5.74) is 1.20. The Hall–Kier alpha value is -2.75. The number of halogens is 1. The van der Waals surface area contributed by atoms with E-state index in [0.29, 0.717) is 40.1 Å². The zero-order valence-corrected chi connectivity index (χ0v) is 15.1. The summed E-state index contributed by atoms with van der Waals surface area (Å²) in [6, 6.07) is 10.6. The predicted molar refractivity (Wildman–Crippen MR) is 101 cm³/mol. The number of amides is 1. The van der Waals surface area contributed by atoms with Crippen LogP contribution in [0.25, 0.3) is 10.2 Å². The molecule has 1 amide bonds. The quantitative estimate of drug-likeness (QED) is 0.635. The average Bonchev–Trinajstić information content (AvgIpc) is 2.96. The number of thiazole rings is 1. The first-order chi connectivity index (χ1) is 12.7. The second kappa shape index (κ2) is 6.87. The van der Waals surface area contributed by atoms with Gasteiger partial charge in [-0.05, 0) is 12.1 Å². The van der Waals surface area contributed by atoms with Gasteiger partial charge in [-0.15, -0.1) is 6.42 Å². The van der Waals surface area contributed by atoms with Gasteiger partial charge in [0.05, 0.1) is 27.3 Å². The van der Waals surface area contributed by atoms with Crippen LogP contribution < -0.4 is 14.3 Å². The molecular weight excluding hydrogens is 372 g/mol. The molecule has 0 unspecified atom stereocenters. The Morgan fingerprint density at radius 1 is 1.27 bits per heavy atom. The van der Waals surface area contributed by atoms with Crippen molar-refractivity contribution in [1.29, 1.82) is 0 Å². The Bertz CT molecular complexity index is 1120. The van der Waals surface area contributed by atoms with Crippen LogP contribution in [0.15, 0.2) is 41.4 Å². The zero-order chi connectivity index (χ0) is 18.1. The van der Waals surface area contributed by atoms with Crippen LogP contribution in [0.4, 0.5) is 0 Å². The fraction of sp³-hybridized carbons (Fsp3) is 0.158. The molecule has 0 fully saturated rings. The Balaban J connectivity index is 1.89. The van der Waals surface area contributed by atoms with Gasteiger partial charge in [0, 0.05) is 12.1 Å². The van der Waals surface area contributed by atoms with Crippen LogP contribution in [0.1, 0.15) is 10.4 Å². The predicted octanol–water partition coefficient (Wildman–Crippen LogP) is 3.50. The van der Waals surface area contributed by atoms with E-state index in [1.54, 1.807) is 24.3 Å². The monoisotopic (exact) mass is 384 g/mol. The number of carbonyl (C=O) groups is 1. The molecule has 2 aromatic carbocycles. The lowest BCUT2D eigenvalue weighted by molar-refractivity contribution is 0.0998. The maximum Gasteiger partial charge on any atom is 0.281 e. The van der Waals surface area contributed by atoms with E-state index in [0.717, 1.165) is 10.2 Å². The third-order valence-electron chi connectivity index (χ3n) is 3.90. The molecule has 0 N–H and O–H groups in total. The molecule has 1 aromatic heterocycles. The van der Waals surface area contributed by atoms with Crippen LogP contribution in [-0.2, 0) is 6.54 Å². The van der Waals surface area contributed by atoms with Gasteiger partial charge in [-0.1, -0.05) is 41.0 Å². The van der Waals surface area contributed by atoms with Crippen molar-refractivity contribution in [3.8, 4) is 23.8 Å². The maximum atomic E-state index is 12.6. The van der Waals surface area contributed by atoms with E-state index in [4.69, 9.17) is 27.5 Å². The van der Waals surface area contributed by atoms with E-state index in [-0.39, 0.29) is 6.54 Å². The Morgan fingerprint density at radius 3 is 2.73 bits per heavy atom. The second-order valence-corrected chi connectivity index (χ2v) is 6.95. The molecule has 26 heavy (non-hydrogen) atoms. The van der Waals surface area contributed by atoms with E-state index < -0.39 is 5.91 Å². The van der Waals surface area contributed by atoms with Gasteiger partial charge in [-0.3, -0.25) is 4.79 Å².